The monoisotopic (exact) mass is 1150 g/mol. The summed E-state index contributed by atoms with van der Waals surface area (Å²) < 4.78 is 100.0. The number of imidazole rings is 1. The van der Waals surface area contributed by atoms with Gasteiger partial charge in [-0.2, -0.15) is 9.97 Å². The zero-order valence-electron chi connectivity index (χ0n) is 58.5. The number of anilines is 3. The second-order valence-corrected chi connectivity index (χ2v) is 23.1. The molecule has 0 aliphatic carbocycles. The number of hydrogen-bond donors (Lipinski definition) is 0. The predicted octanol–water partition coefficient (Wildman–Crippen LogP) is 19.3. The van der Waals surface area contributed by atoms with E-state index in [0.717, 1.165) is 76.8 Å². The minimum atomic E-state index is -0.584. The van der Waals surface area contributed by atoms with Crippen LogP contribution in [0.3, 0.4) is 0 Å². The quantitative estimate of drug-likeness (QED) is 0.101. The Morgan fingerprint density at radius 1 is 0.416 bits per heavy atom. The first-order valence-electron chi connectivity index (χ1n) is 34.4. The lowest BCUT2D eigenvalue weighted by molar-refractivity contribution is -0.571. The van der Waals surface area contributed by atoms with Crippen LogP contribution in [0.25, 0.3) is 128 Å². The van der Waals surface area contributed by atoms with Crippen molar-refractivity contribution in [2.45, 2.75) is 26.2 Å². The van der Waals surface area contributed by atoms with E-state index in [1.165, 1.54) is 0 Å². The van der Waals surface area contributed by atoms with Crippen molar-refractivity contribution in [2.24, 2.45) is 0 Å². The molecule has 89 heavy (non-hydrogen) atoms. The van der Waals surface area contributed by atoms with Crippen LogP contribution >= 0.6 is 0 Å². The van der Waals surface area contributed by atoms with E-state index in [1.807, 2.05) is 89.6 Å². The second kappa shape index (κ2) is 20.5. The summed E-state index contributed by atoms with van der Waals surface area (Å²) in [5, 5.41) is 6.27. The van der Waals surface area contributed by atoms with Crippen molar-refractivity contribution in [1.82, 2.24) is 33.2 Å². The molecule has 6 heterocycles. The average molecular weight is 1150 g/mol. The highest BCUT2D eigenvalue weighted by molar-refractivity contribution is 6.12. The fourth-order valence-electron chi connectivity index (χ4n) is 13.0. The maximum absolute atomic E-state index is 9.33. The van der Waals surface area contributed by atoms with Gasteiger partial charge in [0, 0.05) is 50.3 Å². The molecular weight excluding hydrogens is 1090 g/mol. The number of rotatable bonds is 10. The fourth-order valence-corrected chi connectivity index (χ4v) is 13.0. The van der Waals surface area contributed by atoms with Crippen molar-refractivity contribution in [3.63, 3.8) is 0 Å². The molecule has 0 bridgehead atoms. The predicted molar refractivity (Wildman–Crippen MR) is 364 cm³/mol. The van der Waals surface area contributed by atoms with E-state index in [2.05, 4.69) is 173 Å². The van der Waals surface area contributed by atoms with E-state index in [0.29, 0.717) is 45.7 Å². The minimum Gasteiger partial charge on any atom is -0.294 e. The first-order valence-corrected chi connectivity index (χ1v) is 29.4. The Morgan fingerprint density at radius 3 is 1.40 bits per heavy atom. The first-order chi connectivity index (χ1) is 47.9. The molecule has 17 aromatic rings. The minimum absolute atomic E-state index is 0.132. The van der Waals surface area contributed by atoms with Gasteiger partial charge in [0.1, 0.15) is 17.5 Å². The molecule has 6 aromatic heterocycles. The Bertz CT molecular complexity index is 5890. The lowest BCUT2D eigenvalue weighted by Crippen LogP contribution is -2.31. The van der Waals surface area contributed by atoms with Crippen molar-refractivity contribution in [3.8, 4) is 51.1 Å². The summed E-state index contributed by atoms with van der Waals surface area (Å²) in [5.41, 5.74) is 9.77. The van der Waals surface area contributed by atoms with Gasteiger partial charge in [0.15, 0.2) is 0 Å². The molecule has 0 fully saturated rings. The molecule has 0 aliphatic heterocycles. The molecule has 0 aliphatic rings. The number of pyridine rings is 1. The van der Waals surface area contributed by atoms with Crippen LogP contribution < -0.4 is 9.47 Å². The van der Waals surface area contributed by atoms with Crippen molar-refractivity contribution < 1.29 is 18.3 Å². The van der Waals surface area contributed by atoms with E-state index in [-0.39, 0.29) is 33.4 Å². The van der Waals surface area contributed by atoms with Crippen LogP contribution in [-0.4, -0.2) is 33.2 Å². The topological polar surface area (TPSA) is 65.5 Å². The summed E-state index contributed by atoms with van der Waals surface area (Å²) in [5.74, 6) is 2.29. The maximum atomic E-state index is 9.33. The van der Waals surface area contributed by atoms with Crippen LogP contribution in [0.4, 0.5) is 17.3 Å². The number of aromatic nitrogens is 8. The summed E-state index contributed by atoms with van der Waals surface area (Å²) in [6.45, 7) is 6.59. The first kappa shape index (κ1) is 42.2. The smallest absolute Gasteiger partial charge is 0.269 e. The molecule has 0 atom stereocenters. The Morgan fingerprint density at radius 2 is 0.876 bits per heavy atom. The Kier molecular flexibility index (Phi) is 9.72. The Hall–Kier alpha value is -11.7. The van der Waals surface area contributed by atoms with Crippen LogP contribution in [0.5, 0.6) is 0 Å². The second-order valence-electron chi connectivity index (χ2n) is 23.1. The van der Waals surface area contributed by atoms with Crippen LogP contribution in [0.1, 0.15) is 40.0 Å². The molecule has 17 rings (SSSR count). The highest BCUT2D eigenvalue weighted by Gasteiger charge is 2.27. The number of para-hydroxylation sites is 8. The van der Waals surface area contributed by atoms with E-state index in [1.54, 1.807) is 22.8 Å². The van der Waals surface area contributed by atoms with Crippen LogP contribution in [0.2, 0.25) is 0 Å². The highest BCUT2D eigenvalue weighted by atomic mass is 15.3. The molecule has 0 N–H and O–H groups in total. The maximum Gasteiger partial charge on any atom is 0.269 e. The molecule has 11 aromatic carbocycles. The number of hydrogen-bond acceptors (Lipinski definition) is 4. The lowest BCUT2D eigenvalue weighted by Gasteiger charge is -2.26. The zero-order valence-corrected chi connectivity index (χ0v) is 48.5. The van der Waals surface area contributed by atoms with Gasteiger partial charge in [-0.25, -0.2) is 4.98 Å². The van der Waals surface area contributed by atoms with E-state index >= 15 is 0 Å². The van der Waals surface area contributed by atoms with Crippen molar-refractivity contribution in [3.05, 3.63) is 303 Å². The average Bonchev–Trinajstić information content (AvgIpc) is 1.74. The third kappa shape index (κ3) is 8.45. The molecule has 0 radical (unpaired) electrons. The van der Waals surface area contributed by atoms with Gasteiger partial charge < -0.3 is 0 Å². The van der Waals surface area contributed by atoms with Crippen molar-refractivity contribution in [2.75, 3.05) is 4.90 Å². The third-order valence-corrected chi connectivity index (χ3v) is 17.0. The van der Waals surface area contributed by atoms with Gasteiger partial charge in [0.2, 0.25) is 5.95 Å². The van der Waals surface area contributed by atoms with E-state index < -0.39 is 60.4 Å². The molecule has 0 saturated heterocycles. The van der Waals surface area contributed by atoms with Gasteiger partial charge in [-0.1, -0.05) is 227 Å². The fraction of sp³-hybridized carbons (Fsp3) is 0.0500. The molecule has 422 valence electrons. The molecule has 0 spiro atoms. The summed E-state index contributed by atoms with van der Waals surface area (Å²) in [4.78, 5) is 18.7. The summed E-state index contributed by atoms with van der Waals surface area (Å²) in [6.07, 6.45) is 5.48. The zero-order chi connectivity index (χ0) is 68.0. The lowest BCUT2D eigenvalue weighted by atomic mass is 9.88. The molecule has 0 saturated carbocycles. The van der Waals surface area contributed by atoms with Crippen LogP contribution in [0, 0.1) is 6.33 Å². The van der Waals surface area contributed by atoms with Gasteiger partial charge in [-0.15, -0.1) is 0 Å². The molecule has 0 unspecified atom stereocenters. The molecule has 9 nitrogen and oxygen atoms in total. The van der Waals surface area contributed by atoms with Crippen LogP contribution in [-0.2, 0) is 5.41 Å². The van der Waals surface area contributed by atoms with Crippen LogP contribution in [0.15, 0.2) is 291 Å². The van der Waals surface area contributed by atoms with Crippen molar-refractivity contribution >= 4 is 93.8 Å². The number of fused-ring (bicyclic) bond motifs is 10. The van der Waals surface area contributed by atoms with E-state index in [9.17, 15) is 5.48 Å². The van der Waals surface area contributed by atoms with Gasteiger partial charge in [-0.3, -0.25) is 27.7 Å². The van der Waals surface area contributed by atoms with Gasteiger partial charge in [0.25, 0.3) is 6.33 Å². The molecular formula is C80H57N9. The molecule has 9 heteroatoms. The standard InChI is InChI=1S/C80H57N9/c1-80(2,3)55-46-47-81-75(48-55)89-71-41-19-14-34-65(71)66-45-44-58(50-74(66)89)86(57-29-22-28-56(49-57)84-52-85(73-43-21-20-42-72(73)84)78-59(53-24-6-4-7-25-53)35-23-36-60(78)54-26-8-5-9-27-54)79-82-76(87-67-37-15-10-30-61(67)62-31-11-16-38-68(62)87)51-77(83-79)88-69-39-17-12-32-63(69)64-33-13-18-40-70(64)88/h4-51H,1-3H3/i4D,5D,6D,7D,8D,9D,24D,25D,26D,27D. The van der Waals surface area contributed by atoms with Crippen molar-refractivity contribution in [1.29, 1.82) is 0 Å². The Balaban J connectivity index is 0.961. The highest BCUT2D eigenvalue weighted by Crippen LogP contribution is 2.43. The number of nitrogens with zero attached hydrogens (tertiary/aromatic N) is 9. The summed E-state index contributed by atoms with van der Waals surface area (Å²) in [6, 6.07) is 69.3. The van der Waals surface area contributed by atoms with E-state index in [4.69, 9.17) is 23.2 Å². The summed E-state index contributed by atoms with van der Waals surface area (Å²) in [7, 11) is 0. The van der Waals surface area contributed by atoms with Gasteiger partial charge >= 0.3 is 0 Å². The SMILES string of the molecule is [2H]c1c([2H])c([2H])c(-c2cccc(-c3c([2H])c([2H])c([2H])c([2H])c3[2H])c2-[n+]2[c-]n(-c3cccc(N(c4ccc5c6ccccc6n(-c6cc(C(C)(C)C)ccn6)c5c4)c4nc(-n5c6ccccc6c6ccccc65)cc(-n5c6ccccc6c6ccccc65)n4)c3)c3ccccc32)c([2H])c1[2H]. The Labute approximate surface area is 528 Å². The van der Waals surface area contributed by atoms with Gasteiger partial charge in [-0.05, 0) is 106 Å². The molecule has 0 amide bonds. The normalized spacial score (nSPS) is 13.6. The number of benzene rings is 11. The largest absolute Gasteiger partial charge is 0.294 e. The third-order valence-electron chi connectivity index (χ3n) is 17.0. The summed E-state index contributed by atoms with van der Waals surface area (Å²) >= 11 is 0. The van der Waals surface area contributed by atoms with Gasteiger partial charge in [0.05, 0.1) is 74.9 Å².